The molecule has 0 aliphatic heterocycles. The molecule has 0 radical (unpaired) electrons. The summed E-state index contributed by atoms with van der Waals surface area (Å²) in [6.45, 7) is 4.19. The summed E-state index contributed by atoms with van der Waals surface area (Å²) >= 11 is 0. The van der Waals surface area contributed by atoms with Crippen molar-refractivity contribution in [1.29, 1.82) is 0 Å². The van der Waals surface area contributed by atoms with E-state index in [0.29, 0.717) is 12.3 Å². The monoisotopic (exact) mass is 260 g/mol. The first-order valence-corrected chi connectivity index (χ1v) is 6.17. The first kappa shape index (κ1) is 13.2. The van der Waals surface area contributed by atoms with Crippen LogP contribution in [0.15, 0.2) is 35.1 Å². The standard InChI is InChI=1S/C13H16N4O2/c1-2-14-7-8-16-13(18)11-9-12(19-17-11)10-3-5-15-6-4-10/h3-6,9,14H,2,7-8H2,1H3,(H,16,18). The molecule has 19 heavy (non-hydrogen) atoms. The van der Waals surface area contributed by atoms with Gasteiger partial charge in [-0.25, -0.2) is 0 Å². The van der Waals surface area contributed by atoms with E-state index in [1.165, 1.54) is 0 Å². The number of amides is 1. The van der Waals surface area contributed by atoms with Crippen molar-refractivity contribution in [3.05, 3.63) is 36.3 Å². The lowest BCUT2D eigenvalue weighted by molar-refractivity contribution is 0.0945. The van der Waals surface area contributed by atoms with Crippen molar-refractivity contribution in [3.8, 4) is 11.3 Å². The minimum absolute atomic E-state index is 0.234. The number of carbonyl (C=O) groups excluding carboxylic acids is 1. The van der Waals surface area contributed by atoms with Crippen molar-refractivity contribution in [3.63, 3.8) is 0 Å². The Hall–Kier alpha value is -2.21. The van der Waals surface area contributed by atoms with E-state index in [1.807, 2.05) is 6.92 Å². The number of nitrogens with zero attached hydrogens (tertiary/aromatic N) is 2. The van der Waals surface area contributed by atoms with Gasteiger partial charge in [-0.1, -0.05) is 12.1 Å². The summed E-state index contributed by atoms with van der Waals surface area (Å²) in [6, 6.07) is 5.22. The highest BCUT2D eigenvalue weighted by atomic mass is 16.5. The number of likely N-dealkylation sites (N-methyl/N-ethyl adjacent to an activating group) is 1. The molecule has 0 spiro atoms. The zero-order chi connectivity index (χ0) is 13.5. The van der Waals surface area contributed by atoms with Crippen molar-refractivity contribution in [2.45, 2.75) is 6.92 Å². The van der Waals surface area contributed by atoms with E-state index in [4.69, 9.17) is 4.52 Å². The molecule has 2 heterocycles. The Morgan fingerprint density at radius 1 is 1.32 bits per heavy atom. The quantitative estimate of drug-likeness (QED) is 0.760. The van der Waals surface area contributed by atoms with E-state index in [0.717, 1.165) is 18.7 Å². The van der Waals surface area contributed by atoms with Crippen LogP contribution < -0.4 is 10.6 Å². The fourth-order valence-corrected chi connectivity index (χ4v) is 1.57. The van der Waals surface area contributed by atoms with Gasteiger partial charge >= 0.3 is 0 Å². The van der Waals surface area contributed by atoms with Crippen LogP contribution in [0.5, 0.6) is 0 Å². The summed E-state index contributed by atoms with van der Waals surface area (Å²) in [5.74, 6) is 0.321. The fourth-order valence-electron chi connectivity index (χ4n) is 1.57. The van der Waals surface area contributed by atoms with Gasteiger partial charge in [0.05, 0.1) is 0 Å². The highest BCUT2D eigenvalue weighted by Crippen LogP contribution is 2.18. The molecule has 0 saturated heterocycles. The summed E-state index contributed by atoms with van der Waals surface area (Å²) in [7, 11) is 0. The normalized spacial score (nSPS) is 10.4. The molecule has 6 nitrogen and oxygen atoms in total. The molecule has 0 aromatic carbocycles. The molecule has 0 aliphatic carbocycles. The minimum atomic E-state index is -0.234. The van der Waals surface area contributed by atoms with Crippen LogP contribution in [-0.4, -0.2) is 35.7 Å². The molecule has 2 rings (SSSR count). The van der Waals surface area contributed by atoms with Crippen LogP contribution in [0.25, 0.3) is 11.3 Å². The molecule has 2 aromatic rings. The van der Waals surface area contributed by atoms with Crippen LogP contribution >= 0.6 is 0 Å². The molecule has 2 aromatic heterocycles. The number of carbonyl (C=O) groups is 1. The van der Waals surface area contributed by atoms with Gasteiger partial charge in [0.15, 0.2) is 11.5 Å². The molecular formula is C13H16N4O2. The zero-order valence-electron chi connectivity index (χ0n) is 10.7. The maximum absolute atomic E-state index is 11.8. The highest BCUT2D eigenvalue weighted by molar-refractivity contribution is 5.93. The number of aromatic nitrogens is 2. The van der Waals surface area contributed by atoms with Gasteiger partial charge in [0, 0.05) is 37.1 Å². The third kappa shape index (κ3) is 3.62. The summed E-state index contributed by atoms with van der Waals surface area (Å²) in [6.07, 6.45) is 3.32. The second-order valence-corrected chi connectivity index (χ2v) is 3.92. The van der Waals surface area contributed by atoms with E-state index >= 15 is 0 Å². The van der Waals surface area contributed by atoms with Crippen molar-refractivity contribution < 1.29 is 9.32 Å². The number of pyridine rings is 1. The molecular weight excluding hydrogens is 244 g/mol. The summed E-state index contributed by atoms with van der Waals surface area (Å²) in [4.78, 5) is 15.7. The maximum atomic E-state index is 11.8. The molecule has 0 saturated carbocycles. The van der Waals surface area contributed by atoms with Crippen molar-refractivity contribution >= 4 is 5.91 Å². The Morgan fingerprint density at radius 3 is 2.84 bits per heavy atom. The van der Waals surface area contributed by atoms with Gasteiger partial charge in [-0.15, -0.1) is 0 Å². The van der Waals surface area contributed by atoms with E-state index in [-0.39, 0.29) is 11.6 Å². The topological polar surface area (TPSA) is 80.0 Å². The Morgan fingerprint density at radius 2 is 2.11 bits per heavy atom. The van der Waals surface area contributed by atoms with Crippen molar-refractivity contribution in [1.82, 2.24) is 20.8 Å². The summed E-state index contributed by atoms with van der Waals surface area (Å²) < 4.78 is 5.15. The van der Waals surface area contributed by atoms with Gasteiger partial charge in [-0.2, -0.15) is 0 Å². The van der Waals surface area contributed by atoms with E-state index in [1.54, 1.807) is 30.6 Å². The first-order chi connectivity index (χ1) is 9.31. The first-order valence-electron chi connectivity index (χ1n) is 6.17. The number of hydrogen-bond donors (Lipinski definition) is 2. The average Bonchev–Trinajstić information content (AvgIpc) is 2.94. The van der Waals surface area contributed by atoms with E-state index in [2.05, 4.69) is 20.8 Å². The Kier molecular flexibility index (Phi) is 4.63. The molecule has 0 aliphatic rings. The minimum Gasteiger partial charge on any atom is -0.355 e. The van der Waals surface area contributed by atoms with Crippen LogP contribution in [0.1, 0.15) is 17.4 Å². The van der Waals surface area contributed by atoms with Gasteiger partial charge in [-0.05, 0) is 18.7 Å². The number of nitrogens with one attached hydrogen (secondary N) is 2. The predicted octanol–water partition coefficient (Wildman–Crippen LogP) is 1.08. The van der Waals surface area contributed by atoms with Gasteiger partial charge in [0.25, 0.3) is 5.91 Å². The summed E-state index contributed by atoms with van der Waals surface area (Å²) in [5, 5.41) is 9.65. The Balaban J connectivity index is 1.95. The average molecular weight is 260 g/mol. The lowest BCUT2D eigenvalue weighted by Gasteiger charge is -2.02. The van der Waals surface area contributed by atoms with Gasteiger partial charge in [0.2, 0.25) is 0 Å². The SMILES string of the molecule is CCNCCNC(=O)c1cc(-c2ccncc2)on1. The largest absolute Gasteiger partial charge is 0.355 e. The van der Waals surface area contributed by atoms with Gasteiger partial charge in [-0.3, -0.25) is 9.78 Å². The predicted molar refractivity (Wildman–Crippen MR) is 70.6 cm³/mol. The second kappa shape index (κ2) is 6.65. The third-order valence-corrected chi connectivity index (χ3v) is 2.54. The van der Waals surface area contributed by atoms with Crippen LogP contribution in [0.3, 0.4) is 0 Å². The highest BCUT2D eigenvalue weighted by Gasteiger charge is 2.12. The Labute approximate surface area is 111 Å². The molecule has 0 bridgehead atoms. The van der Waals surface area contributed by atoms with Crippen LogP contribution in [0.4, 0.5) is 0 Å². The van der Waals surface area contributed by atoms with Crippen molar-refractivity contribution in [2.24, 2.45) is 0 Å². The molecule has 6 heteroatoms. The lowest BCUT2D eigenvalue weighted by atomic mass is 10.2. The zero-order valence-corrected chi connectivity index (χ0v) is 10.7. The summed E-state index contributed by atoms with van der Waals surface area (Å²) in [5.41, 5.74) is 1.12. The fraction of sp³-hybridized carbons (Fsp3) is 0.308. The van der Waals surface area contributed by atoms with Crippen LogP contribution in [0.2, 0.25) is 0 Å². The molecule has 0 unspecified atom stereocenters. The molecule has 100 valence electrons. The molecule has 0 atom stereocenters. The van der Waals surface area contributed by atoms with Crippen molar-refractivity contribution in [2.75, 3.05) is 19.6 Å². The molecule has 2 N–H and O–H groups in total. The number of hydrogen-bond acceptors (Lipinski definition) is 5. The molecule has 0 fully saturated rings. The smallest absolute Gasteiger partial charge is 0.273 e. The van der Waals surface area contributed by atoms with Crippen LogP contribution in [-0.2, 0) is 0 Å². The van der Waals surface area contributed by atoms with Gasteiger partial charge < -0.3 is 15.2 Å². The Bertz CT molecular complexity index is 524. The molecule has 1 amide bonds. The maximum Gasteiger partial charge on any atom is 0.273 e. The van der Waals surface area contributed by atoms with Crippen LogP contribution in [0, 0.1) is 0 Å². The van der Waals surface area contributed by atoms with E-state index < -0.39 is 0 Å². The van der Waals surface area contributed by atoms with Gasteiger partial charge in [0.1, 0.15) is 0 Å². The van der Waals surface area contributed by atoms with E-state index in [9.17, 15) is 4.79 Å². The second-order valence-electron chi connectivity index (χ2n) is 3.92. The lowest BCUT2D eigenvalue weighted by Crippen LogP contribution is -2.31. The third-order valence-electron chi connectivity index (χ3n) is 2.54. The number of rotatable bonds is 6.